The molecule has 3 N–H and O–H groups in total. The molecule has 0 spiro atoms. The number of carbonyl (C=O) groups is 1. The van der Waals surface area contributed by atoms with E-state index >= 15 is 0 Å². The van der Waals surface area contributed by atoms with Crippen molar-refractivity contribution in [1.82, 2.24) is 5.32 Å². The van der Waals surface area contributed by atoms with Gasteiger partial charge in [0, 0.05) is 9.75 Å². The van der Waals surface area contributed by atoms with E-state index in [4.69, 9.17) is 5.14 Å². The maximum absolute atomic E-state index is 12.7. The molecular formula is C21H24N2O3S3. The number of rotatable bonds is 8. The average molecular weight is 449 g/mol. The maximum Gasteiger partial charge on any atom is 0.247 e. The zero-order chi connectivity index (χ0) is 21.0. The molecule has 0 bridgehead atoms. The third-order valence-electron chi connectivity index (χ3n) is 4.84. The predicted octanol–water partition coefficient (Wildman–Crippen LogP) is 4.42. The topological polar surface area (TPSA) is 89.3 Å². The van der Waals surface area contributed by atoms with Crippen LogP contribution in [0.2, 0.25) is 0 Å². The zero-order valence-electron chi connectivity index (χ0n) is 16.3. The quantitative estimate of drug-likeness (QED) is 0.535. The first kappa shape index (κ1) is 21.7. The summed E-state index contributed by atoms with van der Waals surface area (Å²) >= 11 is 2.61. The minimum atomic E-state index is -3.74. The van der Waals surface area contributed by atoms with Crippen molar-refractivity contribution in [2.24, 2.45) is 5.14 Å². The Morgan fingerprint density at radius 1 is 1.10 bits per heavy atom. The summed E-state index contributed by atoms with van der Waals surface area (Å²) in [5.41, 5.74) is 2.30. The van der Waals surface area contributed by atoms with E-state index in [0.29, 0.717) is 10.8 Å². The van der Waals surface area contributed by atoms with Gasteiger partial charge in [-0.1, -0.05) is 44.2 Å². The SMILES string of the molecule is CCC(C)c1ccc(C(NC(=O)Cc2ccc(S(N)(=O)=O)s2)c2cccs2)cc1. The third kappa shape index (κ3) is 5.54. The highest BCUT2D eigenvalue weighted by molar-refractivity contribution is 7.91. The Kier molecular flexibility index (Phi) is 6.89. The molecule has 0 aliphatic carbocycles. The lowest BCUT2D eigenvalue weighted by molar-refractivity contribution is -0.120. The van der Waals surface area contributed by atoms with Crippen LogP contribution in [0.1, 0.15) is 53.1 Å². The van der Waals surface area contributed by atoms with Crippen molar-refractivity contribution in [2.75, 3.05) is 0 Å². The summed E-state index contributed by atoms with van der Waals surface area (Å²) in [5.74, 6) is 0.322. The second-order valence-corrected chi connectivity index (χ2v) is 10.9. The number of hydrogen-bond donors (Lipinski definition) is 2. The van der Waals surface area contributed by atoms with Crippen molar-refractivity contribution in [2.45, 2.75) is 42.9 Å². The van der Waals surface area contributed by atoms with E-state index in [-0.39, 0.29) is 22.6 Å². The van der Waals surface area contributed by atoms with E-state index in [2.05, 4.69) is 43.4 Å². The van der Waals surface area contributed by atoms with Crippen LogP contribution >= 0.6 is 22.7 Å². The highest BCUT2D eigenvalue weighted by Crippen LogP contribution is 2.28. The first-order valence-electron chi connectivity index (χ1n) is 9.32. The number of hydrogen-bond acceptors (Lipinski definition) is 5. The minimum Gasteiger partial charge on any atom is -0.344 e. The van der Waals surface area contributed by atoms with Crippen LogP contribution in [0.3, 0.4) is 0 Å². The van der Waals surface area contributed by atoms with Crippen molar-refractivity contribution in [3.63, 3.8) is 0 Å². The van der Waals surface area contributed by atoms with Gasteiger partial charge in [0.05, 0.1) is 12.5 Å². The van der Waals surface area contributed by atoms with Gasteiger partial charge in [-0.2, -0.15) is 0 Å². The molecule has 1 aromatic carbocycles. The fraction of sp³-hybridized carbons (Fsp3) is 0.286. The molecule has 0 radical (unpaired) electrons. The summed E-state index contributed by atoms with van der Waals surface area (Å²) in [7, 11) is -3.74. The van der Waals surface area contributed by atoms with Gasteiger partial charge in [-0.15, -0.1) is 22.7 Å². The summed E-state index contributed by atoms with van der Waals surface area (Å²) in [4.78, 5) is 14.4. The highest BCUT2D eigenvalue weighted by Gasteiger charge is 2.20. The number of nitrogens with one attached hydrogen (secondary N) is 1. The van der Waals surface area contributed by atoms with Crippen molar-refractivity contribution in [3.05, 3.63) is 74.8 Å². The number of primary sulfonamides is 1. The summed E-state index contributed by atoms with van der Waals surface area (Å²) in [5, 5.41) is 10.2. The molecule has 0 saturated carbocycles. The number of carbonyl (C=O) groups excluding carboxylic acids is 1. The molecule has 5 nitrogen and oxygen atoms in total. The van der Waals surface area contributed by atoms with Gasteiger partial charge in [-0.3, -0.25) is 4.79 Å². The molecule has 2 heterocycles. The van der Waals surface area contributed by atoms with E-state index < -0.39 is 10.0 Å². The molecule has 0 fully saturated rings. The Balaban J connectivity index is 1.78. The van der Waals surface area contributed by atoms with Crippen LogP contribution in [0, 0.1) is 0 Å². The molecule has 2 aromatic heterocycles. The van der Waals surface area contributed by atoms with Gasteiger partial charge in [-0.05, 0) is 47.0 Å². The largest absolute Gasteiger partial charge is 0.344 e. The molecule has 0 saturated heterocycles. The Morgan fingerprint density at radius 3 is 2.34 bits per heavy atom. The van der Waals surface area contributed by atoms with Crippen LogP contribution in [0.4, 0.5) is 0 Å². The van der Waals surface area contributed by atoms with E-state index in [1.54, 1.807) is 17.4 Å². The zero-order valence-corrected chi connectivity index (χ0v) is 18.7. The van der Waals surface area contributed by atoms with Crippen molar-refractivity contribution in [1.29, 1.82) is 0 Å². The van der Waals surface area contributed by atoms with E-state index in [1.165, 1.54) is 11.6 Å². The normalized spacial score (nSPS) is 13.8. The van der Waals surface area contributed by atoms with Crippen molar-refractivity contribution < 1.29 is 13.2 Å². The second kappa shape index (κ2) is 9.21. The Labute approximate surface area is 179 Å². The van der Waals surface area contributed by atoms with Gasteiger partial charge in [0.1, 0.15) is 4.21 Å². The lowest BCUT2D eigenvalue weighted by atomic mass is 9.95. The van der Waals surface area contributed by atoms with E-state index in [1.807, 2.05) is 17.5 Å². The lowest BCUT2D eigenvalue weighted by Gasteiger charge is -2.19. The van der Waals surface area contributed by atoms with E-state index in [9.17, 15) is 13.2 Å². The molecule has 1 amide bonds. The summed E-state index contributed by atoms with van der Waals surface area (Å²) in [6.07, 6.45) is 1.18. The number of benzene rings is 1. The third-order valence-corrected chi connectivity index (χ3v) is 8.30. The number of nitrogens with two attached hydrogens (primary N) is 1. The molecule has 0 aliphatic heterocycles. The lowest BCUT2D eigenvalue weighted by Crippen LogP contribution is -2.30. The van der Waals surface area contributed by atoms with E-state index in [0.717, 1.165) is 28.2 Å². The van der Waals surface area contributed by atoms with Gasteiger partial charge in [-0.25, -0.2) is 13.6 Å². The van der Waals surface area contributed by atoms with Gasteiger partial charge < -0.3 is 5.32 Å². The molecule has 3 aromatic rings. The monoisotopic (exact) mass is 448 g/mol. The molecule has 3 rings (SSSR count). The molecule has 8 heteroatoms. The summed E-state index contributed by atoms with van der Waals surface area (Å²) < 4.78 is 22.9. The van der Waals surface area contributed by atoms with Crippen LogP contribution in [0.15, 0.2) is 58.1 Å². The number of thiophene rings is 2. The summed E-state index contributed by atoms with van der Waals surface area (Å²) in [6, 6.07) is 15.2. The van der Waals surface area contributed by atoms with Crippen LogP contribution < -0.4 is 10.5 Å². The fourth-order valence-electron chi connectivity index (χ4n) is 3.00. The number of amides is 1. The smallest absolute Gasteiger partial charge is 0.247 e. The average Bonchev–Trinajstić information content (AvgIpc) is 3.37. The Morgan fingerprint density at radius 2 is 1.79 bits per heavy atom. The minimum absolute atomic E-state index is 0.0655. The van der Waals surface area contributed by atoms with Gasteiger partial charge in [0.2, 0.25) is 15.9 Å². The fourth-order valence-corrected chi connectivity index (χ4v) is 5.58. The molecule has 154 valence electrons. The molecule has 29 heavy (non-hydrogen) atoms. The molecular weight excluding hydrogens is 424 g/mol. The van der Waals surface area contributed by atoms with Crippen molar-refractivity contribution >= 4 is 38.6 Å². The van der Waals surface area contributed by atoms with Gasteiger partial charge in [0.15, 0.2) is 0 Å². The molecule has 0 aliphatic rings. The standard InChI is InChI=1S/C21H24N2O3S3/c1-3-14(2)15-6-8-16(9-7-15)21(18-5-4-12-27-18)23-19(24)13-17-10-11-20(28-17)29(22,25)26/h4-12,14,21H,3,13H2,1-2H3,(H,23,24)(H2,22,25,26). The number of sulfonamides is 1. The first-order chi connectivity index (χ1) is 13.8. The van der Waals surface area contributed by atoms with Crippen LogP contribution in [0.25, 0.3) is 0 Å². The molecule has 2 atom stereocenters. The molecule has 2 unspecified atom stereocenters. The van der Waals surface area contributed by atoms with Crippen LogP contribution in [-0.2, 0) is 21.2 Å². The second-order valence-electron chi connectivity index (χ2n) is 6.93. The van der Waals surface area contributed by atoms with Crippen LogP contribution in [0.5, 0.6) is 0 Å². The van der Waals surface area contributed by atoms with Crippen LogP contribution in [-0.4, -0.2) is 14.3 Å². The Hall–Kier alpha value is -2.00. The van der Waals surface area contributed by atoms with Gasteiger partial charge >= 0.3 is 0 Å². The Bertz CT molecular complexity index is 1060. The van der Waals surface area contributed by atoms with Crippen molar-refractivity contribution in [3.8, 4) is 0 Å². The first-order valence-corrected chi connectivity index (χ1v) is 12.6. The summed E-state index contributed by atoms with van der Waals surface area (Å²) in [6.45, 7) is 4.36. The highest BCUT2D eigenvalue weighted by atomic mass is 32.2. The van der Waals surface area contributed by atoms with Gasteiger partial charge in [0.25, 0.3) is 0 Å². The maximum atomic E-state index is 12.7. The predicted molar refractivity (Wildman–Crippen MR) is 119 cm³/mol.